The zero-order valence-electron chi connectivity index (χ0n) is 10.2. The predicted molar refractivity (Wildman–Crippen MR) is 78.5 cm³/mol. The summed E-state index contributed by atoms with van der Waals surface area (Å²) in [5.41, 5.74) is 1.61. The number of benzene rings is 1. The fraction of sp³-hybridized carbons (Fsp3) is 0.333. The minimum atomic E-state index is -0.967. The Labute approximate surface area is 123 Å². The van der Waals surface area contributed by atoms with E-state index in [0.29, 0.717) is 17.3 Å². The SMILES string of the molecule is Cc1ccc(Br)cc1NC(=O)N1CSCC1C(=O)O. The Kier molecular flexibility index (Phi) is 4.36. The number of aryl methyl sites for hydroxylation is 1. The Morgan fingerprint density at radius 3 is 2.95 bits per heavy atom. The number of hydrogen-bond acceptors (Lipinski definition) is 3. The molecule has 1 aliphatic heterocycles. The maximum absolute atomic E-state index is 12.1. The zero-order chi connectivity index (χ0) is 14.0. The average molecular weight is 345 g/mol. The van der Waals surface area contributed by atoms with Gasteiger partial charge in [0, 0.05) is 15.9 Å². The lowest BCUT2D eigenvalue weighted by Gasteiger charge is -2.21. The van der Waals surface area contributed by atoms with Crippen LogP contribution in [-0.2, 0) is 4.79 Å². The predicted octanol–water partition coefficient (Wildman–Crippen LogP) is 2.75. The molecule has 2 amide bonds. The van der Waals surface area contributed by atoms with Crippen LogP contribution in [0.5, 0.6) is 0 Å². The number of carboxylic acids is 1. The Bertz CT molecular complexity index is 524. The van der Waals surface area contributed by atoms with E-state index in [4.69, 9.17) is 5.11 Å². The first kappa shape index (κ1) is 14.2. The van der Waals surface area contributed by atoms with Gasteiger partial charge in [0.25, 0.3) is 0 Å². The van der Waals surface area contributed by atoms with Crippen LogP contribution in [0.3, 0.4) is 0 Å². The van der Waals surface area contributed by atoms with Crippen molar-refractivity contribution in [3.63, 3.8) is 0 Å². The third kappa shape index (κ3) is 3.22. The fourth-order valence-corrected chi connectivity index (χ4v) is 3.27. The van der Waals surface area contributed by atoms with Crippen LogP contribution in [0.25, 0.3) is 0 Å². The summed E-state index contributed by atoms with van der Waals surface area (Å²) >= 11 is 4.78. The number of thioether (sulfide) groups is 1. The van der Waals surface area contributed by atoms with Gasteiger partial charge in [0.2, 0.25) is 0 Å². The Balaban J connectivity index is 2.12. The highest BCUT2D eigenvalue weighted by molar-refractivity contribution is 9.10. The molecule has 19 heavy (non-hydrogen) atoms. The van der Waals surface area contributed by atoms with Crippen molar-refractivity contribution in [3.05, 3.63) is 28.2 Å². The molecule has 1 unspecified atom stereocenters. The fourth-order valence-electron chi connectivity index (χ4n) is 1.76. The van der Waals surface area contributed by atoms with Gasteiger partial charge in [-0.15, -0.1) is 11.8 Å². The van der Waals surface area contributed by atoms with E-state index in [0.717, 1.165) is 10.0 Å². The van der Waals surface area contributed by atoms with Crippen molar-refractivity contribution in [2.45, 2.75) is 13.0 Å². The van der Waals surface area contributed by atoms with Gasteiger partial charge in [-0.05, 0) is 24.6 Å². The third-order valence-corrected chi connectivity index (χ3v) is 4.37. The van der Waals surface area contributed by atoms with E-state index in [1.54, 1.807) is 6.07 Å². The summed E-state index contributed by atoms with van der Waals surface area (Å²) < 4.78 is 0.860. The molecule has 0 aliphatic carbocycles. The minimum absolute atomic E-state index is 0.376. The lowest BCUT2D eigenvalue weighted by molar-refractivity contribution is -0.140. The van der Waals surface area contributed by atoms with Gasteiger partial charge in [-0.1, -0.05) is 22.0 Å². The number of aliphatic carboxylic acids is 1. The normalized spacial score (nSPS) is 18.4. The molecule has 2 N–H and O–H groups in total. The van der Waals surface area contributed by atoms with E-state index in [-0.39, 0.29) is 6.03 Å². The van der Waals surface area contributed by atoms with Gasteiger partial charge in [0.1, 0.15) is 6.04 Å². The Morgan fingerprint density at radius 1 is 1.53 bits per heavy atom. The van der Waals surface area contributed by atoms with Gasteiger partial charge >= 0.3 is 12.0 Å². The first-order valence-electron chi connectivity index (χ1n) is 5.63. The topological polar surface area (TPSA) is 69.6 Å². The van der Waals surface area contributed by atoms with E-state index in [2.05, 4.69) is 21.2 Å². The summed E-state index contributed by atoms with van der Waals surface area (Å²) in [6.07, 6.45) is 0. The molecule has 1 aliphatic rings. The molecule has 1 aromatic rings. The molecule has 1 atom stereocenters. The average Bonchev–Trinajstić information content (AvgIpc) is 2.83. The zero-order valence-corrected chi connectivity index (χ0v) is 12.6. The van der Waals surface area contributed by atoms with Crippen LogP contribution in [-0.4, -0.2) is 39.7 Å². The second kappa shape index (κ2) is 5.83. The lowest BCUT2D eigenvalue weighted by atomic mass is 10.2. The quantitative estimate of drug-likeness (QED) is 0.865. The van der Waals surface area contributed by atoms with Crippen molar-refractivity contribution in [1.82, 2.24) is 4.90 Å². The van der Waals surface area contributed by atoms with Crippen LogP contribution in [0.1, 0.15) is 5.56 Å². The van der Waals surface area contributed by atoms with E-state index < -0.39 is 12.0 Å². The summed E-state index contributed by atoms with van der Waals surface area (Å²) in [6.45, 7) is 1.88. The third-order valence-electron chi connectivity index (χ3n) is 2.87. The Hall–Kier alpha value is -1.21. The highest BCUT2D eigenvalue weighted by Crippen LogP contribution is 2.24. The molecule has 1 aromatic carbocycles. The summed E-state index contributed by atoms with van der Waals surface area (Å²) in [5, 5.41) is 11.8. The number of rotatable bonds is 2. The van der Waals surface area contributed by atoms with Crippen LogP contribution in [0.2, 0.25) is 0 Å². The van der Waals surface area contributed by atoms with Gasteiger partial charge in [-0.25, -0.2) is 9.59 Å². The van der Waals surface area contributed by atoms with Gasteiger partial charge in [-0.2, -0.15) is 0 Å². The highest BCUT2D eigenvalue weighted by atomic mass is 79.9. The van der Waals surface area contributed by atoms with Gasteiger partial charge in [-0.3, -0.25) is 0 Å². The number of nitrogens with one attached hydrogen (secondary N) is 1. The number of anilines is 1. The van der Waals surface area contributed by atoms with Crippen LogP contribution in [0.15, 0.2) is 22.7 Å². The number of hydrogen-bond donors (Lipinski definition) is 2. The standard InChI is InChI=1S/C12H13BrN2O3S/c1-7-2-3-8(13)4-9(7)14-12(18)15-6-19-5-10(15)11(16)17/h2-4,10H,5-6H2,1H3,(H,14,18)(H,16,17). The number of carbonyl (C=O) groups is 2. The van der Waals surface area contributed by atoms with Crippen LogP contribution >= 0.6 is 27.7 Å². The number of carbonyl (C=O) groups excluding carboxylic acids is 1. The summed E-state index contributed by atoms with van der Waals surface area (Å²) in [4.78, 5) is 24.5. The molecular formula is C12H13BrN2O3S. The minimum Gasteiger partial charge on any atom is -0.480 e. The highest BCUT2D eigenvalue weighted by Gasteiger charge is 2.34. The number of nitrogens with zero attached hydrogens (tertiary/aromatic N) is 1. The first-order chi connectivity index (χ1) is 8.99. The molecule has 7 heteroatoms. The van der Waals surface area contributed by atoms with Crippen molar-refractivity contribution in [2.75, 3.05) is 16.9 Å². The molecular weight excluding hydrogens is 332 g/mol. The van der Waals surface area contributed by atoms with Crippen molar-refractivity contribution < 1.29 is 14.7 Å². The molecule has 1 saturated heterocycles. The molecule has 0 bridgehead atoms. The van der Waals surface area contributed by atoms with Gasteiger partial charge in [0.05, 0.1) is 5.88 Å². The number of urea groups is 1. The first-order valence-corrected chi connectivity index (χ1v) is 7.58. The van der Waals surface area contributed by atoms with E-state index in [1.165, 1.54) is 16.7 Å². The monoisotopic (exact) mass is 344 g/mol. The van der Waals surface area contributed by atoms with Crippen molar-refractivity contribution in [3.8, 4) is 0 Å². The van der Waals surface area contributed by atoms with Crippen molar-refractivity contribution >= 4 is 45.4 Å². The largest absolute Gasteiger partial charge is 0.480 e. The molecule has 102 valence electrons. The second-order valence-corrected chi connectivity index (χ2v) is 6.13. The number of amides is 2. The molecule has 0 radical (unpaired) electrons. The van der Waals surface area contributed by atoms with Crippen LogP contribution < -0.4 is 5.32 Å². The van der Waals surface area contributed by atoms with Gasteiger partial charge in [0.15, 0.2) is 0 Å². The molecule has 0 saturated carbocycles. The number of halogens is 1. The molecule has 5 nitrogen and oxygen atoms in total. The van der Waals surface area contributed by atoms with E-state index in [9.17, 15) is 9.59 Å². The lowest BCUT2D eigenvalue weighted by Crippen LogP contribution is -2.44. The Morgan fingerprint density at radius 2 is 2.26 bits per heavy atom. The molecule has 1 heterocycles. The van der Waals surface area contributed by atoms with E-state index >= 15 is 0 Å². The van der Waals surface area contributed by atoms with Crippen LogP contribution in [0, 0.1) is 6.92 Å². The molecule has 2 rings (SSSR count). The molecule has 0 spiro atoms. The molecule has 1 fully saturated rings. The van der Waals surface area contributed by atoms with Crippen LogP contribution in [0.4, 0.5) is 10.5 Å². The van der Waals surface area contributed by atoms with Gasteiger partial charge < -0.3 is 15.3 Å². The van der Waals surface area contributed by atoms with Crippen molar-refractivity contribution in [1.29, 1.82) is 0 Å². The summed E-state index contributed by atoms with van der Waals surface area (Å²) in [5.74, 6) is -0.137. The summed E-state index contributed by atoms with van der Waals surface area (Å²) in [7, 11) is 0. The summed E-state index contributed by atoms with van der Waals surface area (Å²) in [6, 6.07) is 4.44. The van der Waals surface area contributed by atoms with E-state index in [1.807, 2.05) is 19.1 Å². The second-order valence-electron chi connectivity index (χ2n) is 4.21. The smallest absolute Gasteiger partial charge is 0.327 e. The van der Waals surface area contributed by atoms with Crippen molar-refractivity contribution in [2.24, 2.45) is 0 Å². The number of carboxylic acid groups (broad SMARTS) is 1. The maximum atomic E-state index is 12.1. The maximum Gasteiger partial charge on any atom is 0.327 e. The molecule has 0 aromatic heterocycles.